The SMILES string of the molecule is c1ccc(-c2ccc(-c3nc(-c4ccccc4)c4ccc5nc(-c6ccccc6)cnc5c4n3)cc2)cc1. The monoisotopic (exact) mass is 486 g/mol. The number of hydrogen-bond acceptors (Lipinski definition) is 4. The van der Waals surface area contributed by atoms with E-state index in [-0.39, 0.29) is 0 Å². The van der Waals surface area contributed by atoms with E-state index < -0.39 is 0 Å². The zero-order chi connectivity index (χ0) is 25.3. The van der Waals surface area contributed by atoms with E-state index in [1.54, 1.807) is 0 Å². The Morgan fingerprint density at radius 1 is 0.395 bits per heavy atom. The first-order valence-electron chi connectivity index (χ1n) is 12.6. The third-order valence-corrected chi connectivity index (χ3v) is 6.74. The standard InChI is InChI=1S/C34H22N4/c1-4-10-23(11-5-1)24-16-18-27(19-17-24)34-37-31(26-14-8-3-9-15-26)28-20-21-29-33(32(28)38-34)35-22-30(36-29)25-12-6-2-7-13-25/h1-22H. The van der Waals surface area contributed by atoms with Crippen LogP contribution >= 0.6 is 0 Å². The van der Waals surface area contributed by atoms with Gasteiger partial charge in [-0.15, -0.1) is 0 Å². The molecule has 0 atom stereocenters. The Hall–Kier alpha value is -5.22. The van der Waals surface area contributed by atoms with Gasteiger partial charge in [-0.2, -0.15) is 0 Å². The van der Waals surface area contributed by atoms with E-state index in [4.69, 9.17) is 19.9 Å². The molecule has 0 unspecified atom stereocenters. The van der Waals surface area contributed by atoms with Gasteiger partial charge in [-0.25, -0.2) is 15.0 Å². The summed E-state index contributed by atoms with van der Waals surface area (Å²) in [6.45, 7) is 0. The first kappa shape index (κ1) is 22.0. The van der Waals surface area contributed by atoms with Crippen molar-refractivity contribution >= 4 is 21.9 Å². The highest BCUT2D eigenvalue weighted by Crippen LogP contribution is 2.33. The van der Waals surface area contributed by atoms with Crippen molar-refractivity contribution in [1.29, 1.82) is 0 Å². The van der Waals surface area contributed by atoms with Crippen LogP contribution in [-0.2, 0) is 0 Å². The number of nitrogens with zero attached hydrogens (tertiary/aromatic N) is 4. The van der Waals surface area contributed by atoms with Crippen molar-refractivity contribution in [1.82, 2.24) is 19.9 Å². The number of hydrogen-bond donors (Lipinski definition) is 0. The molecule has 0 saturated heterocycles. The smallest absolute Gasteiger partial charge is 0.160 e. The Kier molecular flexibility index (Phi) is 5.41. The van der Waals surface area contributed by atoms with Crippen LogP contribution in [0.5, 0.6) is 0 Å². The van der Waals surface area contributed by atoms with Gasteiger partial charge in [0.05, 0.1) is 23.1 Å². The summed E-state index contributed by atoms with van der Waals surface area (Å²) in [6.07, 6.45) is 1.83. The first-order chi connectivity index (χ1) is 18.8. The first-order valence-corrected chi connectivity index (χ1v) is 12.6. The molecule has 0 spiro atoms. The number of benzene rings is 5. The third-order valence-electron chi connectivity index (χ3n) is 6.74. The fourth-order valence-electron chi connectivity index (χ4n) is 4.81. The van der Waals surface area contributed by atoms with E-state index in [0.717, 1.165) is 55.6 Å². The second kappa shape index (κ2) is 9.34. The molecule has 4 heteroatoms. The molecule has 178 valence electrons. The normalized spacial score (nSPS) is 11.2. The van der Waals surface area contributed by atoms with Crippen molar-refractivity contribution in [2.45, 2.75) is 0 Å². The largest absolute Gasteiger partial charge is 0.250 e. The average Bonchev–Trinajstić information content (AvgIpc) is 3.01. The number of aromatic nitrogens is 4. The van der Waals surface area contributed by atoms with Crippen LogP contribution in [0.2, 0.25) is 0 Å². The van der Waals surface area contributed by atoms with Gasteiger partial charge in [-0.05, 0) is 23.3 Å². The lowest BCUT2D eigenvalue weighted by Gasteiger charge is -2.12. The van der Waals surface area contributed by atoms with Gasteiger partial charge in [0, 0.05) is 22.1 Å². The molecule has 38 heavy (non-hydrogen) atoms. The van der Waals surface area contributed by atoms with E-state index in [2.05, 4.69) is 66.7 Å². The maximum Gasteiger partial charge on any atom is 0.160 e. The summed E-state index contributed by atoms with van der Waals surface area (Å²) < 4.78 is 0. The summed E-state index contributed by atoms with van der Waals surface area (Å²) in [5, 5.41) is 0.954. The van der Waals surface area contributed by atoms with E-state index in [1.807, 2.05) is 66.9 Å². The van der Waals surface area contributed by atoms with Crippen molar-refractivity contribution in [2.75, 3.05) is 0 Å². The zero-order valence-electron chi connectivity index (χ0n) is 20.5. The van der Waals surface area contributed by atoms with Gasteiger partial charge in [-0.3, -0.25) is 4.98 Å². The minimum absolute atomic E-state index is 0.664. The molecule has 0 amide bonds. The molecule has 0 aliphatic heterocycles. The van der Waals surface area contributed by atoms with Crippen molar-refractivity contribution in [3.8, 4) is 45.0 Å². The minimum Gasteiger partial charge on any atom is -0.250 e. The quantitative estimate of drug-likeness (QED) is 0.235. The highest BCUT2D eigenvalue weighted by atomic mass is 14.9. The maximum atomic E-state index is 5.06. The van der Waals surface area contributed by atoms with Gasteiger partial charge in [0.2, 0.25) is 0 Å². The van der Waals surface area contributed by atoms with Crippen LogP contribution in [0.15, 0.2) is 134 Å². The highest BCUT2D eigenvalue weighted by Gasteiger charge is 2.15. The van der Waals surface area contributed by atoms with Crippen molar-refractivity contribution in [3.05, 3.63) is 134 Å². The zero-order valence-corrected chi connectivity index (χ0v) is 20.5. The van der Waals surface area contributed by atoms with Crippen LogP contribution in [0, 0.1) is 0 Å². The molecule has 4 nitrogen and oxygen atoms in total. The highest BCUT2D eigenvalue weighted by molar-refractivity contribution is 6.07. The Morgan fingerprint density at radius 2 is 0.974 bits per heavy atom. The molecule has 2 heterocycles. The summed E-state index contributed by atoms with van der Waals surface area (Å²) in [4.78, 5) is 19.9. The van der Waals surface area contributed by atoms with Crippen LogP contribution in [-0.4, -0.2) is 19.9 Å². The van der Waals surface area contributed by atoms with Crippen LogP contribution in [0.25, 0.3) is 67.0 Å². The fourth-order valence-corrected chi connectivity index (χ4v) is 4.81. The summed E-state index contributed by atoms with van der Waals surface area (Å²) in [7, 11) is 0. The number of rotatable bonds is 4. The maximum absolute atomic E-state index is 5.06. The molecule has 5 aromatic carbocycles. The molecule has 2 aromatic heterocycles. The minimum atomic E-state index is 0.664. The second-order valence-corrected chi connectivity index (χ2v) is 9.16. The van der Waals surface area contributed by atoms with Crippen LogP contribution < -0.4 is 0 Å². The lowest BCUT2D eigenvalue weighted by molar-refractivity contribution is 1.22. The molecule has 0 fully saturated rings. The second-order valence-electron chi connectivity index (χ2n) is 9.16. The van der Waals surface area contributed by atoms with Crippen LogP contribution in [0.4, 0.5) is 0 Å². The van der Waals surface area contributed by atoms with E-state index >= 15 is 0 Å². The topological polar surface area (TPSA) is 51.6 Å². The van der Waals surface area contributed by atoms with E-state index in [9.17, 15) is 0 Å². The van der Waals surface area contributed by atoms with E-state index in [0.29, 0.717) is 5.82 Å². The van der Waals surface area contributed by atoms with Gasteiger partial charge in [-0.1, -0.05) is 115 Å². The van der Waals surface area contributed by atoms with Crippen LogP contribution in [0.3, 0.4) is 0 Å². The van der Waals surface area contributed by atoms with Gasteiger partial charge >= 0.3 is 0 Å². The Morgan fingerprint density at radius 3 is 1.66 bits per heavy atom. The van der Waals surface area contributed by atoms with Gasteiger partial charge in [0.1, 0.15) is 11.0 Å². The van der Waals surface area contributed by atoms with Gasteiger partial charge in [0.25, 0.3) is 0 Å². The third kappa shape index (κ3) is 3.98. The van der Waals surface area contributed by atoms with Gasteiger partial charge in [0.15, 0.2) is 5.82 Å². The predicted octanol–water partition coefficient (Wildman–Crippen LogP) is 8.24. The summed E-state index contributed by atoms with van der Waals surface area (Å²) in [5.41, 5.74) is 9.46. The molecule has 0 bridgehead atoms. The average molecular weight is 487 g/mol. The van der Waals surface area contributed by atoms with E-state index in [1.165, 1.54) is 5.56 Å². The molecular weight excluding hydrogens is 464 g/mol. The lowest BCUT2D eigenvalue weighted by atomic mass is 10.0. The Bertz CT molecular complexity index is 1880. The molecule has 0 saturated carbocycles. The summed E-state index contributed by atoms with van der Waals surface area (Å²) in [6, 6.07) is 43.2. The van der Waals surface area contributed by atoms with Crippen molar-refractivity contribution in [3.63, 3.8) is 0 Å². The van der Waals surface area contributed by atoms with Crippen molar-refractivity contribution in [2.24, 2.45) is 0 Å². The Balaban J connectivity index is 1.42. The molecule has 0 aliphatic rings. The molecule has 0 aliphatic carbocycles. The van der Waals surface area contributed by atoms with Crippen LogP contribution in [0.1, 0.15) is 0 Å². The number of fused-ring (bicyclic) bond motifs is 3. The molecular formula is C34H22N4. The summed E-state index contributed by atoms with van der Waals surface area (Å²) in [5.74, 6) is 0.664. The Labute approximate surface area is 220 Å². The molecule has 0 N–H and O–H groups in total. The van der Waals surface area contributed by atoms with Gasteiger partial charge < -0.3 is 0 Å². The summed E-state index contributed by atoms with van der Waals surface area (Å²) >= 11 is 0. The molecule has 0 radical (unpaired) electrons. The molecule has 7 rings (SSSR count). The van der Waals surface area contributed by atoms with Crippen molar-refractivity contribution < 1.29 is 0 Å². The lowest BCUT2D eigenvalue weighted by Crippen LogP contribution is -1.98. The molecule has 7 aromatic rings. The fraction of sp³-hybridized carbons (Fsp3) is 0. The predicted molar refractivity (Wildman–Crippen MR) is 154 cm³/mol.